The van der Waals surface area contributed by atoms with Crippen LogP contribution in [0.1, 0.15) is 13.3 Å². The van der Waals surface area contributed by atoms with E-state index in [-0.39, 0.29) is 11.0 Å². The molecule has 13 heteroatoms. The topological polar surface area (TPSA) is 66.8 Å². The summed E-state index contributed by atoms with van der Waals surface area (Å²) in [5, 5.41) is 9.26. The Morgan fingerprint density at radius 2 is 1.55 bits per heavy atom. The second-order valence-corrected chi connectivity index (χ2v) is 6.30. The van der Waals surface area contributed by atoms with Gasteiger partial charge in [-0.1, -0.05) is 6.92 Å². The van der Waals surface area contributed by atoms with E-state index in [1.807, 2.05) is 0 Å². The number of amides is 1. The van der Waals surface area contributed by atoms with E-state index < -0.39 is 87.9 Å². The molecule has 1 heterocycles. The van der Waals surface area contributed by atoms with Crippen molar-refractivity contribution in [1.82, 2.24) is 0 Å². The summed E-state index contributed by atoms with van der Waals surface area (Å²) in [6.45, 7) is 1.20. The number of carbonyl (C=O) groups is 2. The Bertz CT molecular complexity index is 1090. The van der Waals surface area contributed by atoms with Gasteiger partial charge in [-0.2, -0.15) is 8.78 Å². The highest BCUT2D eigenvalue weighted by Crippen LogP contribution is 2.45. The quantitative estimate of drug-likeness (QED) is 0.423. The van der Waals surface area contributed by atoms with Crippen LogP contribution in [0.2, 0.25) is 0 Å². The fourth-order valence-corrected chi connectivity index (χ4v) is 3.05. The number of aliphatic carboxylic acids is 1. The predicted octanol–water partition coefficient (Wildman–Crippen LogP) is 4.37. The molecular weight excluding hydrogens is 446 g/mol. The highest BCUT2D eigenvalue weighted by Gasteiger charge is 2.53. The lowest BCUT2D eigenvalue weighted by Gasteiger charge is -2.36. The number of carboxylic acid groups (broad SMARTS) is 1. The highest BCUT2D eigenvalue weighted by atomic mass is 19.3. The molecule has 0 unspecified atom stereocenters. The van der Waals surface area contributed by atoms with Gasteiger partial charge >= 0.3 is 18.0 Å². The Balaban J connectivity index is 2.35. The Labute approximate surface area is 167 Å². The largest absolute Gasteiger partial charge is 0.483 e. The lowest BCUT2D eigenvalue weighted by Crippen LogP contribution is -2.56. The zero-order valence-corrected chi connectivity index (χ0v) is 15.1. The number of rotatable bonds is 4. The number of hydrogen-bond donors (Lipinski definition) is 1. The Morgan fingerprint density at radius 3 is 2.03 bits per heavy atom. The van der Waals surface area contributed by atoms with Gasteiger partial charge < -0.3 is 9.84 Å². The van der Waals surface area contributed by atoms with Crippen molar-refractivity contribution in [1.29, 1.82) is 0 Å². The molecular formula is C18H9F8NO4. The van der Waals surface area contributed by atoms with Crippen LogP contribution >= 0.6 is 0 Å². The van der Waals surface area contributed by atoms with Crippen LogP contribution in [-0.2, 0) is 9.59 Å². The number of carboxylic acids is 1. The van der Waals surface area contributed by atoms with Crippen LogP contribution in [0.15, 0.2) is 12.1 Å². The summed E-state index contributed by atoms with van der Waals surface area (Å²) < 4.78 is 115. The van der Waals surface area contributed by atoms with Gasteiger partial charge in [-0.25, -0.2) is 31.1 Å². The van der Waals surface area contributed by atoms with Crippen LogP contribution in [0.4, 0.5) is 40.8 Å². The van der Waals surface area contributed by atoms with Crippen molar-refractivity contribution in [2.75, 3.05) is 4.90 Å². The van der Waals surface area contributed by atoms with E-state index in [4.69, 9.17) is 0 Å². The number of carbonyl (C=O) groups excluding carboxylic acids is 1. The minimum absolute atomic E-state index is 0.00382. The molecule has 0 saturated carbocycles. The third-order valence-electron chi connectivity index (χ3n) is 4.48. The third kappa shape index (κ3) is 3.33. The number of fused-ring (bicyclic) bond motifs is 1. The average molecular weight is 455 g/mol. The Kier molecular flexibility index (Phi) is 5.32. The molecule has 1 atom stereocenters. The number of halogens is 8. The summed E-state index contributed by atoms with van der Waals surface area (Å²) in [6.07, 6.45) is -5.06. The third-order valence-corrected chi connectivity index (χ3v) is 4.48. The SMILES string of the molecule is CC[C@@H](C(=O)O)N1C(=O)C(F)(F)Oc2cc(F)c(-c3c(F)c(F)c(F)c(F)c3F)cc21. The molecule has 1 aliphatic rings. The lowest BCUT2D eigenvalue weighted by atomic mass is 9.99. The first-order valence-corrected chi connectivity index (χ1v) is 8.32. The number of alkyl halides is 2. The van der Waals surface area contributed by atoms with Gasteiger partial charge in [0.05, 0.1) is 11.3 Å². The first kappa shape index (κ1) is 22.3. The van der Waals surface area contributed by atoms with E-state index in [9.17, 15) is 49.8 Å². The molecule has 0 aliphatic carbocycles. The van der Waals surface area contributed by atoms with Crippen LogP contribution in [0.5, 0.6) is 5.75 Å². The van der Waals surface area contributed by atoms with Gasteiger partial charge in [0, 0.05) is 11.6 Å². The summed E-state index contributed by atoms with van der Waals surface area (Å²) >= 11 is 0. The number of hydrogen-bond acceptors (Lipinski definition) is 3. The summed E-state index contributed by atoms with van der Waals surface area (Å²) in [5.74, 6) is -19.0. The van der Waals surface area contributed by atoms with E-state index in [0.717, 1.165) is 0 Å². The smallest absolute Gasteiger partial charge is 0.480 e. The van der Waals surface area contributed by atoms with Crippen molar-refractivity contribution in [3.63, 3.8) is 0 Å². The maximum atomic E-state index is 14.5. The molecule has 0 saturated heterocycles. The molecule has 31 heavy (non-hydrogen) atoms. The molecule has 0 radical (unpaired) electrons. The fraction of sp³-hybridized carbons (Fsp3) is 0.222. The van der Waals surface area contributed by atoms with Gasteiger partial charge in [-0.05, 0) is 12.5 Å². The van der Waals surface area contributed by atoms with Gasteiger partial charge in [-0.3, -0.25) is 9.69 Å². The predicted molar refractivity (Wildman–Crippen MR) is 86.4 cm³/mol. The Hall–Kier alpha value is -3.38. The van der Waals surface area contributed by atoms with Gasteiger partial charge in [0.25, 0.3) is 0 Å². The first-order valence-electron chi connectivity index (χ1n) is 8.32. The molecule has 2 aromatic rings. The van der Waals surface area contributed by atoms with E-state index in [2.05, 4.69) is 4.74 Å². The summed E-state index contributed by atoms with van der Waals surface area (Å²) in [5.41, 5.74) is -3.92. The number of ether oxygens (including phenoxy) is 1. The van der Waals surface area contributed by atoms with Crippen molar-refractivity contribution < 1.29 is 54.6 Å². The fourth-order valence-electron chi connectivity index (χ4n) is 3.05. The summed E-state index contributed by atoms with van der Waals surface area (Å²) in [4.78, 5) is 23.5. The van der Waals surface area contributed by atoms with E-state index >= 15 is 0 Å². The lowest BCUT2D eigenvalue weighted by molar-refractivity contribution is -0.193. The van der Waals surface area contributed by atoms with Crippen molar-refractivity contribution in [3.8, 4) is 16.9 Å². The van der Waals surface area contributed by atoms with Gasteiger partial charge in [-0.15, -0.1) is 0 Å². The summed E-state index contributed by atoms with van der Waals surface area (Å²) in [6, 6.07) is -1.54. The molecule has 1 aliphatic heterocycles. The molecule has 166 valence electrons. The molecule has 1 N–H and O–H groups in total. The standard InChI is InChI=1S/C18H9F8NO4/c1-2-7(16(28)29)27-8-3-5(6(19)4-9(8)31-18(25,26)17(27)30)10-11(20)13(22)15(24)14(23)12(10)21/h3-4,7H,2H2,1H3,(H,28,29)/t7-/m0/s1. The van der Waals surface area contributed by atoms with Crippen molar-refractivity contribution >= 4 is 17.6 Å². The second kappa shape index (κ2) is 7.39. The van der Waals surface area contributed by atoms with Crippen molar-refractivity contribution in [2.45, 2.75) is 25.5 Å². The van der Waals surface area contributed by atoms with E-state index in [1.165, 1.54) is 6.92 Å². The highest BCUT2D eigenvalue weighted by molar-refractivity contribution is 6.05. The molecule has 0 aromatic heterocycles. The molecule has 0 fully saturated rings. The number of benzene rings is 2. The first-order chi connectivity index (χ1) is 14.3. The molecule has 1 amide bonds. The van der Waals surface area contributed by atoms with Gasteiger partial charge in [0.15, 0.2) is 29.0 Å². The van der Waals surface area contributed by atoms with Crippen LogP contribution in [-0.4, -0.2) is 29.1 Å². The molecule has 0 bridgehead atoms. The molecule has 5 nitrogen and oxygen atoms in total. The average Bonchev–Trinajstić information content (AvgIpc) is 2.69. The van der Waals surface area contributed by atoms with Gasteiger partial charge in [0.1, 0.15) is 11.9 Å². The number of nitrogens with zero attached hydrogens (tertiary/aromatic N) is 1. The zero-order chi connectivity index (χ0) is 23.4. The maximum Gasteiger partial charge on any atom is 0.483 e. The Morgan fingerprint density at radius 1 is 1.03 bits per heavy atom. The zero-order valence-electron chi connectivity index (χ0n) is 15.1. The van der Waals surface area contributed by atoms with Crippen LogP contribution < -0.4 is 9.64 Å². The van der Waals surface area contributed by atoms with E-state index in [0.29, 0.717) is 6.07 Å². The second-order valence-electron chi connectivity index (χ2n) is 6.30. The maximum absolute atomic E-state index is 14.5. The minimum Gasteiger partial charge on any atom is -0.480 e. The van der Waals surface area contributed by atoms with Crippen molar-refractivity contribution in [2.24, 2.45) is 0 Å². The molecule has 2 aromatic carbocycles. The summed E-state index contributed by atoms with van der Waals surface area (Å²) in [7, 11) is 0. The molecule has 0 spiro atoms. The van der Waals surface area contributed by atoms with Crippen LogP contribution in [0.3, 0.4) is 0 Å². The van der Waals surface area contributed by atoms with Crippen LogP contribution in [0, 0.1) is 34.9 Å². The van der Waals surface area contributed by atoms with Crippen molar-refractivity contribution in [3.05, 3.63) is 47.0 Å². The monoisotopic (exact) mass is 455 g/mol. The normalized spacial score (nSPS) is 16.0. The van der Waals surface area contributed by atoms with Gasteiger partial charge in [0.2, 0.25) is 5.82 Å². The number of anilines is 1. The molecule has 3 rings (SSSR count). The van der Waals surface area contributed by atoms with Crippen LogP contribution in [0.25, 0.3) is 11.1 Å². The minimum atomic E-state index is -4.62. The van der Waals surface area contributed by atoms with E-state index in [1.54, 1.807) is 0 Å².